The zero-order valence-corrected chi connectivity index (χ0v) is 13.0. The number of pyridine rings is 1. The molecule has 0 aromatic carbocycles. The molecule has 6 nitrogen and oxygen atoms in total. The minimum absolute atomic E-state index is 0.114. The Hall–Kier alpha value is -1.73. The highest BCUT2D eigenvalue weighted by Crippen LogP contribution is 2.12. The summed E-state index contributed by atoms with van der Waals surface area (Å²) < 4.78 is 27.7. The molecule has 1 N–H and O–H groups in total. The normalized spacial score (nSPS) is 12.0. The summed E-state index contributed by atoms with van der Waals surface area (Å²) in [6.07, 6.45) is 3.54. The fourth-order valence-electron chi connectivity index (χ4n) is 1.95. The maximum atomic E-state index is 11.7. The summed E-state index contributed by atoms with van der Waals surface area (Å²) in [5.41, 5.74) is 1.58. The first-order valence-electron chi connectivity index (χ1n) is 6.88. The van der Waals surface area contributed by atoms with Gasteiger partial charge in [-0.25, -0.2) is 13.1 Å². The summed E-state index contributed by atoms with van der Waals surface area (Å²) in [6.45, 7) is 4.58. The van der Waals surface area contributed by atoms with Crippen molar-refractivity contribution in [3.8, 4) is 11.4 Å². The van der Waals surface area contributed by atoms with E-state index >= 15 is 0 Å². The monoisotopic (exact) mass is 308 g/mol. The Kier molecular flexibility index (Phi) is 5.08. The van der Waals surface area contributed by atoms with Crippen LogP contribution in [0.15, 0.2) is 36.7 Å². The Morgan fingerprint density at radius 1 is 1.24 bits per heavy atom. The maximum absolute atomic E-state index is 11.7. The van der Waals surface area contributed by atoms with Crippen LogP contribution < -0.4 is 4.72 Å². The second-order valence-corrected chi connectivity index (χ2v) is 7.10. The van der Waals surface area contributed by atoms with Gasteiger partial charge in [0.15, 0.2) is 0 Å². The summed E-state index contributed by atoms with van der Waals surface area (Å²) in [4.78, 5) is 4.23. The highest BCUT2D eigenvalue weighted by Gasteiger charge is 2.12. The molecule has 0 aliphatic heterocycles. The quantitative estimate of drug-likeness (QED) is 0.841. The molecule has 0 aliphatic rings. The minimum Gasteiger partial charge on any atom is -0.271 e. The van der Waals surface area contributed by atoms with Gasteiger partial charge in [-0.2, -0.15) is 5.10 Å². The molecule has 2 aromatic heterocycles. The van der Waals surface area contributed by atoms with Gasteiger partial charge < -0.3 is 0 Å². The van der Waals surface area contributed by atoms with Crippen LogP contribution in [-0.2, 0) is 16.6 Å². The molecule has 0 amide bonds. The van der Waals surface area contributed by atoms with Gasteiger partial charge in [0.2, 0.25) is 10.0 Å². The fourth-order valence-corrected chi connectivity index (χ4v) is 3.35. The second-order valence-electron chi connectivity index (χ2n) is 5.25. The molecular formula is C14H20N4O2S. The summed E-state index contributed by atoms with van der Waals surface area (Å²) in [5.74, 6) is 0.258. The molecule has 2 rings (SSSR count). The van der Waals surface area contributed by atoms with Crippen LogP contribution in [0.25, 0.3) is 11.4 Å². The van der Waals surface area contributed by atoms with Crippen molar-refractivity contribution in [2.75, 3.05) is 12.3 Å². The number of sulfonamides is 1. The van der Waals surface area contributed by atoms with Crippen molar-refractivity contribution in [1.29, 1.82) is 0 Å². The van der Waals surface area contributed by atoms with E-state index < -0.39 is 10.0 Å². The lowest BCUT2D eigenvalue weighted by Gasteiger charge is -2.08. The fraction of sp³-hybridized carbons (Fsp3) is 0.429. The van der Waals surface area contributed by atoms with Gasteiger partial charge in [-0.15, -0.1) is 0 Å². The lowest BCUT2D eigenvalue weighted by atomic mass is 10.3. The van der Waals surface area contributed by atoms with Gasteiger partial charge in [0.25, 0.3) is 0 Å². The van der Waals surface area contributed by atoms with Gasteiger partial charge in [-0.1, -0.05) is 19.9 Å². The Bertz CT molecular complexity index is 665. The third-order valence-electron chi connectivity index (χ3n) is 2.78. The first-order valence-corrected chi connectivity index (χ1v) is 8.54. The molecule has 0 saturated carbocycles. The Labute approximate surface area is 125 Å². The van der Waals surface area contributed by atoms with E-state index in [1.54, 1.807) is 10.9 Å². The molecule has 0 spiro atoms. The van der Waals surface area contributed by atoms with Gasteiger partial charge >= 0.3 is 0 Å². The largest absolute Gasteiger partial charge is 0.271 e. The molecule has 0 radical (unpaired) electrons. The first kappa shape index (κ1) is 15.7. The van der Waals surface area contributed by atoms with E-state index in [4.69, 9.17) is 0 Å². The van der Waals surface area contributed by atoms with Crippen LogP contribution in [0.1, 0.15) is 13.8 Å². The molecule has 0 atom stereocenters. The van der Waals surface area contributed by atoms with E-state index in [0.717, 1.165) is 11.4 Å². The molecule has 2 heterocycles. The zero-order valence-electron chi connectivity index (χ0n) is 12.2. The van der Waals surface area contributed by atoms with Crippen LogP contribution in [0, 0.1) is 5.92 Å². The van der Waals surface area contributed by atoms with Crippen molar-refractivity contribution in [3.05, 3.63) is 36.7 Å². The number of nitrogens with zero attached hydrogens (tertiary/aromatic N) is 3. The number of rotatable bonds is 7. The van der Waals surface area contributed by atoms with Crippen molar-refractivity contribution in [2.45, 2.75) is 20.4 Å². The molecule has 0 aliphatic carbocycles. The van der Waals surface area contributed by atoms with Gasteiger partial charge in [0.05, 0.1) is 18.0 Å². The van der Waals surface area contributed by atoms with Gasteiger partial charge in [0, 0.05) is 18.9 Å². The average Bonchev–Trinajstić information content (AvgIpc) is 2.87. The van der Waals surface area contributed by atoms with Gasteiger partial charge in [-0.3, -0.25) is 9.67 Å². The first-order chi connectivity index (χ1) is 9.96. The predicted octanol–water partition coefficient (Wildman–Crippen LogP) is 1.52. The average molecular weight is 308 g/mol. The van der Waals surface area contributed by atoms with E-state index in [2.05, 4.69) is 14.8 Å². The Morgan fingerprint density at radius 2 is 2.05 bits per heavy atom. The van der Waals surface area contributed by atoms with E-state index in [1.165, 1.54) is 0 Å². The van der Waals surface area contributed by atoms with Crippen molar-refractivity contribution in [2.24, 2.45) is 5.92 Å². The summed E-state index contributed by atoms with van der Waals surface area (Å²) in [6, 6.07) is 7.51. The highest BCUT2D eigenvalue weighted by molar-refractivity contribution is 7.89. The van der Waals surface area contributed by atoms with Crippen molar-refractivity contribution in [3.63, 3.8) is 0 Å². The molecule has 7 heteroatoms. The van der Waals surface area contributed by atoms with E-state index in [-0.39, 0.29) is 11.7 Å². The summed E-state index contributed by atoms with van der Waals surface area (Å²) in [7, 11) is -3.20. The van der Waals surface area contributed by atoms with Crippen LogP contribution in [0.5, 0.6) is 0 Å². The molecule has 114 valence electrons. The highest BCUT2D eigenvalue weighted by atomic mass is 32.2. The lowest BCUT2D eigenvalue weighted by molar-refractivity contribution is 0.551. The molecule has 0 bridgehead atoms. The van der Waals surface area contributed by atoms with Crippen LogP contribution >= 0.6 is 0 Å². The van der Waals surface area contributed by atoms with Crippen LogP contribution in [0.4, 0.5) is 0 Å². The van der Waals surface area contributed by atoms with Crippen molar-refractivity contribution >= 4 is 10.0 Å². The third kappa shape index (κ3) is 4.95. The number of aromatic nitrogens is 3. The smallest absolute Gasteiger partial charge is 0.211 e. The van der Waals surface area contributed by atoms with Gasteiger partial charge in [0.1, 0.15) is 5.69 Å². The summed E-state index contributed by atoms with van der Waals surface area (Å²) >= 11 is 0. The standard InChI is InChI=1S/C14H20N4O2S/c1-12(2)11-21(19,20)16-8-10-18-9-6-14(17-18)13-5-3-4-7-15-13/h3-7,9,12,16H,8,10-11H2,1-2H3. The van der Waals surface area contributed by atoms with Crippen LogP contribution in [0.3, 0.4) is 0 Å². The summed E-state index contributed by atoms with van der Waals surface area (Å²) in [5, 5.41) is 4.38. The Balaban J connectivity index is 1.89. The lowest BCUT2D eigenvalue weighted by Crippen LogP contribution is -2.31. The maximum Gasteiger partial charge on any atom is 0.211 e. The minimum atomic E-state index is -3.20. The van der Waals surface area contributed by atoms with Crippen molar-refractivity contribution in [1.82, 2.24) is 19.5 Å². The number of hydrogen-bond donors (Lipinski definition) is 1. The number of hydrogen-bond acceptors (Lipinski definition) is 4. The topological polar surface area (TPSA) is 76.9 Å². The van der Waals surface area contributed by atoms with Gasteiger partial charge in [-0.05, 0) is 24.1 Å². The third-order valence-corrected chi connectivity index (χ3v) is 4.53. The SMILES string of the molecule is CC(C)CS(=O)(=O)NCCn1ccc(-c2ccccn2)n1. The van der Waals surface area contributed by atoms with E-state index in [0.29, 0.717) is 13.1 Å². The number of nitrogens with one attached hydrogen (secondary N) is 1. The second kappa shape index (κ2) is 6.82. The van der Waals surface area contributed by atoms with E-state index in [9.17, 15) is 8.42 Å². The molecule has 2 aromatic rings. The van der Waals surface area contributed by atoms with E-state index in [1.807, 2.05) is 44.3 Å². The zero-order chi connectivity index (χ0) is 15.3. The molecule has 0 saturated heterocycles. The molecule has 21 heavy (non-hydrogen) atoms. The molecule has 0 fully saturated rings. The van der Waals surface area contributed by atoms with Crippen LogP contribution in [0.2, 0.25) is 0 Å². The van der Waals surface area contributed by atoms with Crippen molar-refractivity contribution < 1.29 is 8.42 Å². The predicted molar refractivity (Wildman–Crippen MR) is 82.1 cm³/mol. The van der Waals surface area contributed by atoms with Crippen LogP contribution in [-0.4, -0.2) is 35.5 Å². The molecule has 0 unspecified atom stereocenters. The molecular weight excluding hydrogens is 288 g/mol. The Morgan fingerprint density at radius 3 is 2.71 bits per heavy atom.